The maximum absolute atomic E-state index is 6.43. The summed E-state index contributed by atoms with van der Waals surface area (Å²) in [7, 11) is 0. The average Bonchev–Trinajstić information content (AvgIpc) is 2.68. The molecule has 1 unspecified atom stereocenters. The fourth-order valence-electron chi connectivity index (χ4n) is 2.83. The molecule has 16 heavy (non-hydrogen) atoms. The minimum atomic E-state index is -0.103. The molecule has 0 spiro atoms. The highest BCUT2D eigenvalue weighted by molar-refractivity contribution is 7.09. The van der Waals surface area contributed by atoms with Gasteiger partial charge in [-0.05, 0) is 24.7 Å². The molecule has 0 radical (unpaired) electrons. The van der Waals surface area contributed by atoms with Crippen molar-refractivity contribution in [3.05, 3.63) is 16.1 Å². The van der Waals surface area contributed by atoms with Crippen LogP contribution in [0.1, 0.15) is 62.6 Å². The van der Waals surface area contributed by atoms with Crippen molar-refractivity contribution >= 4 is 11.3 Å². The molecule has 1 heterocycles. The first-order valence-electron chi connectivity index (χ1n) is 6.26. The monoisotopic (exact) mass is 236 g/mol. The number of nitrogens with zero attached hydrogens (tertiary/aromatic N) is 1. The zero-order valence-electron chi connectivity index (χ0n) is 10.1. The topological polar surface area (TPSA) is 38.9 Å². The van der Waals surface area contributed by atoms with E-state index >= 15 is 0 Å². The van der Waals surface area contributed by atoms with Crippen molar-refractivity contribution in [1.82, 2.24) is 4.98 Å². The van der Waals surface area contributed by atoms with Crippen molar-refractivity contribution < 1.29 is 0 Å². The van der Waals surface area contributed by atoms with E-state index in [1.54, 1.807) is 0 Å². The summed E-state index contributed by atoms with van der Waals surface area (Å²) in [5.41, 5.74) is 7.96. The lowest BCUT2D eigenvalue weighted by Crippen LogP contribution is -2.33. The standard InChI is InChI=1S/C13H20N2S/c1-12(2)7-9(12)11-15-10(8-16-11)13(14)5-3-4-6-13/h8-9H,3-7,14H2,1-2H3. The van der Waals surface area contributed by atoms with Gasteiger partial charge in [-0.3, -0.25) is 0 Å². The Hall–Kier alpha value is -0.410. The van der Waals surface area contributed by atoms with Crippen LogP contribution in [-0.2, 0) is 5.54 Å². The third kappa shape index (κ3) is 1.61. The maximum Gasteiger partial charge on any atom is 0.0965 e. The van der Waals surface area contributed by atoms with Crippen LogP contribution in [0, 0.1) is 5.41 Å². The van der Waals surface area contributed by atoms with Crippen LogP contribution in [0.3, 0.4) is 0 Å². The van der Waals surface area contributed by atoms with E-state index in [0.29, 0.717) is 11.3 Å². The quantitative estimate of drug-likeness (QED) is 0.855. The Morgan fingerprint density at radius 1 is 1.38 bits per heavy atom. The Labute approximate surface area is 101 Å². The molecule has 1 aromatic rings. The Balaban J connectivity index is 1.83. The smallest absolute Gasteiger partial charge is 0.0965 e. The highest BCUT2D eigenvalue weighted by Crippen LogP contribution is 2.59. The van der Waals surface area contributed by atoms with Gasteiger partial charge in [0.05, 0.1) is 16.2 Å². The molecule has 0 bridgehead atoms. The van der Waals surface area contributed by atoms with Gasteiger partial charge < -0.3 is 5.73 Å². The van der Waals surface area contributed by atoms with E-state index in [1.165, 1.54) is 24.3 Å². The molecule has 0 saturated heterocycles. The summed E-state index contributed by atoms with van der Waals surface area (Å²) in [4.78, 5) is 4.82. The van der Waals surface area contributed by atoms with Crippen LogP contribution >= 0.6 is 11.3 Å². The summed E-state index contributed by atoms with van der Waals surface area (Å²) in [6.45, 7) is 4.65. The Morgan fingerprint density at radius 2 is 2.00 bits per heavy atom. The van der Waals surface area contributed by atoms with Gasteiger partial charge in [-0.1, -0.05) is 26.7 Å². The second-order valence-corrected chi connectivity index (χ2v) is 7.07. The van der Waals surface area contributed by atoms with Crippen molar-refractivity contribution in [2.45, 2.75) is 57.4 Å². The molecule has 0 aromatic carbocycles. The van der Waals surface area contributed by atoms with E-state index in [0.717, 1.165) is 18.5 Å². The highest BCUT2D eigenvalue weighted by Gasteiger charge is 2.48. The molecule has 3 rings (SSSR count). The van der Waals surface area contributed by atoms with Crippen LogP contribution in [0.25, 0.3) is 0 Å². The molecular formula is C13H20N2S. The number of rotatable bonds is 2. The van der Waals surface area contributed by atoms with Gasteiger partial charge in [0.15, 0.2) is 0 Å². The zero-order valence-corrected chi connectivity index (χ0v) is 10.9. The lowest BCUT2D eigenvalue weighted by atomic mass is 9.96. The number of hydrogen-bond donors (Lipinski definition) is 1. The molecule has 2 fully saturated rings. The Bertz CT molecular complexity index is 402. The third-order valence-corrected chi connectivity index (χ3v) is 5.30. The van der Waals surface area contributed by atoms with Crippen molar-refractivity contribution in [2.24, 2.45) is 11.1 Å². The van der Waals surface area contributed by atoms with Gasteiger partial charge in [0.1, 0.15) is 0 Å². The van der Waals surface area contributed by atoms with Crippen molar-refractivity contribution in [2.75, 3.05) is 0 Å². The van der Waals surface area contributed by atoms with Crippen molar-refractivity contribution in [3.8, 4) is 0 Å². The van der Waals surface area contributed by atoms with E-state index in [2.05, 4.69) is 19.2 Å². The summed E-state index contributed by atoms with van der Waals surface area (Å²) >= 11 is 1.82. The van der Waals surface area contributed by atoms with Crippen molar-refractivity contribution in [1.29, 1.82) is 0 Å². The molecule has 3 heteroatoms. The lowest BCUT2D eigenvalue weighted by Gasteiger charge is -2.20. The lowest BCUT2D eigenvalue weighted by molar-refractivity contribution is 0.448. The first-order valence-corrected chi connectivity index (χ1v) is 7.14. The fraction of sp³-hybridized carbons (Fsp3) is 0.769. The van der Waals surface area contributed by atoms with Gasteiger partial charge >= 0.3 is 0 Å². The number of aromatic nitrogens is 1. The Kier molecular flexibility index (Phi) is 2.21. The summed E-state index contributed by atoms with van der Waals surface area (Å²) in [5, 5.41) is 3.52. The zero-order chi connectivity index (χ0) is 11.4. The summed E-state index contributed by atoms with van der Waals surface area (Å²) in [5.74, 6) is 0.691. The summed E-state index contributed by atoms with van der Waals surface area (Å²) < 4.78 is 0. The normalized spacial score (nSPS) is 30.6. The fourth-order valence-corrected chi connectivity index (χ4v) is 4.06. The average molecular weight is 236 g/mol. The molecule has 0 amide bonds. The summed E-state index contributed by atoms with van der Waals surface area (Å²) in [6, 6.07) is 0. The van der Waals surface area contributed by atoms with Crippen LogP contribution in [0.15, 0.2) is 5.38 Å². The van der Waals surface area contributed by atoms with E-state index < -0.39 is 0 Å². The van der Waals surface area contributed by atoms with Crippen LogP contribution in [-0.4, -0.2) is 4.98 Å². The van der Waals surface area contributed by atoms with E-state index in [4.69, 9.17) is 10.7 Å². The first kappa shape index (κ1) is 10.7. The maximum atomic E-state index is 6.43. The molecule has 2 aliphatic carbocycles. The number of hydrogen-bond acceptors (Lipinski definition) is 3. The minimum absolute atomic E-state index is 0.103. The van der Waals surface area contributed by atoms with Gasteiger partial charge in [0.25, 0.3) is 0 Å². The predicted molar refractivity (Wildman–Crippen MR) is 67.6 cm³/mol. The molecule has 2 N–H and O–H groups in total. The SMILES string of the molecule is CC1(C)CC1c1nc(C2(N)CCCC2)cs1. The molecule has 88 valence electrons. The third-order valence-electron chi connectivity index (χ3n) is 4.34. The van der Waals surface area contributed by atoms with E-state index in [9.17, 15) is 0 Å². The van der Waals surface area contributed by atoms with Crippen molar-refractivity contribution in [3.63, 3.8) is 0 Å². The van der Waals surface area contributed by atoms with Gasteiger partial charge in [-0.15, -0.1) is 11.3 Å². The van der Waals surface area contributed by atoms with E-state index in [-0.39, 0.29) is 5.54 Å². The minimum Gasteiger partial charge on any atom is -0.320 e. The summed E-state index contributed by atoms with van der Waals surface area (Å²) in [6.07, 6.45) is 6.04. The highest BCUT2D eigenvalue weighted by atomic mass is 32.1. The van der Waals surface area contributed by atoms with Crippen LogP contribution < -0.4 is 5.73 Å². The second-order valence-electron chi connectivity index (χ2n) is 6.18. The molecule has 2 aliphatic rings. The van der Waals surface area contributed by atoms with Gasteiger partial charge in [-0.2, -0.15) is 0 Å². The van der Waals surface area contributed by atoms with Gasteiger partial charge in [0.2, 0.25) is 0 Å². The molecule has 2 nitrogen and oxygen atoms in total. The van der Waals surface area contributed by atoms with Crippen LogP contribution in [0.2, 0.25) is 0 Å². The number of nitrogens with two attached hydrogens (primary N) is 1. The molecule has 1 atom stereocenters. The first-order chi connectivity index (χ1) is 7.51. The largest absolute Gasteiger partial charge is 0.320 e. The molecule has 1 aromatic heterocycles. The molecule has 0 aliphatic heterocycles. The molecule has 2 saturated carbocycles. The van der Waals surface area contributed by atoms with E-state index in [1.807, 2.05) is 11.3 Å². The van der Waals surface area contributed by atoms with Gasteiger partial charge in [0, 0.05) is 11.3 Å². The number of thiazole rings is 1. The van der Waals surface area contributed by atoms with Crippen LogP contribution in [0.5, 0.6) is 0 Å². The molecular weight excluding hydrogens is 216 g/mol. The second kappa shape index (κ2) is 3.30. The van der Waals surface area contributed by atoms with Crippen LogP contribution in [0.4, 0.5) is 0 Å². The van der Waals surface area contributed by atoms with Gasteiger partial charge in [-0.25, -0.2) is 4.98 Å². The predicted octanol–water partition coefficient (Wildman–Crippen LogP) is 3.38. The Morgan fingerprint density at radius 3 is 2.56 bits per heavy atom.